The molecule has 0 aromatic carbocycles. The van der Waals surface area contributed by atoms with E-state index < -0.39 is 11.4 Å². The van der Waals surface area contributed by atoms with Crippen molar-refractivity contribution in [3.63, 3.8) is 0 Å². The number of rotatable bonds is 2. The molecule has 0 fully saturated rings. The first-order chi connectivity index (χ1) is 6.88. The van der Waals surface area contributed by atoms with Gasteiger partial charge in [-0.1, -0.05) is 30.1 Å². The second kappa shape index (κ2) is 4.37. The van der Waals surface area contributed by atoms with E-state index in [-0.39, 0.29) is 22.5 Å². The molecule has 0 radical (unpaired) electrons. The summed E-state index contributed by atoms with van der Waals surface area (Å²) in [5, 5.41) is -0.0668. The fourth-order valence-corrected chi connectivity index (χ4v) is 1.85. The minimum Gasteiger partial charge on any atom is -0.451 e. The summed E-state index contributed by atoms with van der Waals surface area (Å²) in [7, 11) is 0. The van der Waals surface area contributed by atoms with Gasteiger partial charge in [0.2, 0.25) is 5.78 Å². The van der Waals surface area contributed by atoms with Gasteiger partial charge in [-0.15, -0.1) is 0 Å². The standard InChI is InChI=1S/C10H10Cl2O3/c1-3-8(13)15-10(2)4-6(11)9(14)7(12)5-10/h4-5H,3H2,1-2H3. The quantitative estimate of drug-likeness (QED) is 0.706. The Hall–Kier alpha value is -0.800. The molecule has 1 aliphatic rings. The predicted molar refractivity (Wildman–Crippen MR) is 57.7 cm³/mol. The smallest absolute Gasteiger partial charge is 0.306 e. The maximum atomic E-state index is 11.2. The highest BCUT2D eigenvalue weighted by molar-refractivity contribution is 6.55. The SMILES string of the molecule is CCC(=O)OC1(C)C=C(Cl)C(=O)C(Cl)=C1. The lowest BCUT2D eigenvalue weighted by Gasteiger charge is -2.25. The van der Waals surface area contributed by atoms with Crippen LogP contribution < -0.4 is 0 Å². The van der Waals surface area contributed by atoms with Crippen molar-refractivity contribution in [2.45, 2.75) is 25.9 Å². The van der Waals surface area contributed by atoms with E-state index in [4.69, 9.17) is 27.9 Å². The minimum atomic E-state index is -1.03. The summed E-state index contributed by atoms with van der Waals surface area (Å²) in [6.07, 6.45) is 2.99. The number of ether oxygens (including phenoxy) is 1. The van der Waals surface area contributed by atoms with E-state index in [1.54, 1.807) is 13.8 Å². The van der Waals surface area contributed by atoms with Gasteiger partial charge in [-0.3, -0.25) is 9.59 Å². The number of hydrogen-bond donors (Lipinski definition) is 0. The third-order valence-corrected chi connectivity index (χ3v) is 2.44. The average molecular weight is 249 g/mol. The maximum absolute atomic E-state index is 11.2. The largest absolute Gasteiger partial charge is 0.451 e. The van der Waals surface area contributed by atoms with Gasteiger partial charge in [0.15, 0.2) is 0 Å². The molecule has 0 saturated heterocycles. The Labute approximate surface area is 97.7 Å². The van der Waals surface area contributed by atoms with Crippen LogP contribution in [0.1, 0.15) is 20.3 Å². The molecule has 0 aromatic rings. The van der Waals surface area contributed by atoms with E-state index in [1.165, 1.54) is 12.2 Å². The van der Waals surface area contributed by atoms with Gasteiger partial charge in [-0.2, -0.15) is 0 Å². The maximum Gasteiger partial charge on any atom is 0.306 e. The Balaban J connectivity index is 2.95. The molecule has 82 valence electrons. The Morgan fingerprint density at radius 1 is 1.40 bits per heavy atom. The number of carbonyl (C=O) groups is 2. The first kappa shape index (κ1) is 12.3. The van der Waals surface area contributed by atoms with Gasteiger partial charge in [0.25, 0.3) is 0 Å². The van der Waals surface area contributed by atoms with E-state index in [9.17, 15) is 9.59 Å². The van der Waals surface area contributed by atoms with Crippen molar-refractivity contribution in [3.05, 3.63) is 22.2 Å². The van der Waals surface area contributed by atoms with Gasteiger partial charge in [0.1, 0.15) is 5.60 Å². The van der Waals surface area contributed by atoms with Crippen molar-refractivity contribution in [1.29, 1.82) is 0 Å². The normalized spacial score (nSPS) is 19.3. The summed E-state index contributed by atoms with van der Waals surface area (Å²) in [5.74, 6) is -0.836. The van der Waals surface area contributed by atoms with E-state index >= 15 is 0 Å². The molecule has 3 nitrogen and oxygen atoms in total. The van der Waals surface area contributed by atoms with Gasteiger partial charge in [-0.25, -0.2) is 0 Å². The summed E-state index contributed by atoms with van der Waals surface area (Å²) in [5.41, 5.74) is -1.03. The molecular formula is C10H10Cl2O3. The molecule has 5 heteroatoms. The first-order valence-corrected chi connectivity index (χ1v) is 5.17. The fraction of sp³-hybridized carbons (Fsp3) is 0.400. The third-order valence-electron chi connectivity index (χ3n) is 1.88. The molecule has 1 rings (SSSR count). The van der Waals surface area contributed by atoms with Crippen LogP contribution in [0.25, 0.3) is 0 Å². The van der Waals surface area contributed by atoms with E-state index in [0.717, 1.165) is 0 Å². The molecule has 0 N–H and O–H groups in total. The summed E-state index contributed by atoms with van der Waals surface area (Å²) < 4.78 is 5.10. The van der Waals surface area contributed by atoms with Gasteiger partial charge < -0.3 is 4.74 Å². The summed E-state index contributed by atoms with van der Waals surface area (Å²) in [4.78, 5) is 22.4. The molecule has 0 atom stereocenters. The van der Waals surface area contributed by atoms with Crippen molar-refractivity contribution in [3.8, 4) is 0 Å². The molecule has 1 aliphatic carbocycles. The zero-order valence-corrected chi connectivity index (χ0v) is 9.85. The molecule has 0 spiro atoms. The number of ketones is 1. The van der Waals surface area contributed by atoms with E-state index in [0.29, 0.717) is 0 Å². The number of allylic oxidation sites excluding steroid dienone is 2. The lowest BCUT2D eigenvalue weighted by molar-refractivity contribution is -0.150. The fourth-order valence-electron chi connectivity index (χ4n) is 1.17. The molecular weight excluding hydrogens is 239 g/mol. The topological polar surface area (TPSA) is 43.4 Å². The molecule has 0 aliphatic heterocycles. The minimum absolute atomic E-state index is 0.0334. The van der Waals surface area contributed by atoms with Crippen molar-refractivity contribution in [2.24, 2.45) is 0 Å². The summed E-state index contributed by atoms with van der Waals surface area (Å²) in [6.45, 7) is 3.29. The first-order valence-electron chi connectivity index (χ1n) is 4.41. The second-order valence-corrected chi connectivity index (χ2v) is 4.14. The van der Waals surface area contributed by atoms with Crippen LogP contribution in [-0.4, -0.2) is 17.4 Å². The van der Waals surface area contributed by atoms with Gasteiger partial charge in [0.05, 0.1) is 10.1 Å². The van der Waals surface area contributed by atoms with Crippen molar-refractivity contribution in [1.82, 2.24) is 0 Å². The highest BCUT2D eigenvalue weighted by atomic mass is 35.5. The van der Waals surface area contributed by atoms with Crippen LogP contribution in [0.4, 0.5) is 0 Å². The van der Waals surface area contributed by atoms with Crippen LogP contribution in [0.5, 0.6) is 0 Å². The number of hydrogen-bond acceptors (Lipinski definition) is 3. The molecule has 0 unspecified atom stereocenters. The van der Waals surface area contributed by atoms with E-state index in [1.807, 2.05) is 0 Å². The van der Waals surface area contributed by atoms with Crippen LogP contribution in [0.3, 0.4) is 0 Å². The molecule has 0 saturated carbocycles. The van der Waals surface area contributed by atoms with E-state index in [2.05, 4.69) is 0 Å². The van der Waals surface area contributed by atoms with Crippen LogP contribution in [-0.2, 0) is 14.3 Å². The average Bonchev–Trinajstić information content (AvgIpc) is 2.13. The number of Topliss-reactive ketones (excluding diaryl/α,β-unsaturated/α-hetero) is 1. The van der Waals surface area contributed by atoms with Crippen LogP contribution in [0.2, 0.25) is 0 Å². The number of halogens is 2. The molecule has 15 heavy (non-hydrogen) atoms. The third kappa shape index (κ3) is 2.83. The Kier molecular flexibility index (Phi) is 3.58. The summed E-state index contributed by atoms with van der Waals surface area (Å²) >= 11 is 11.3. The van der Waals surface area contributed by atoms with Crippen molar-refractivity contribution in [2.75, 3.05) is 0 Å². The van der Waals surface area contributed by atoms with Gasteiger partial charge >= 0.3 is 5.97 Å². The van der Waals surface area contributed by atoms with Crippen molar-refractivity contribution >= 4 is 35.0 Å². The number of carbonyl (C=O) groups excluding carboxylic acids is 2. The molecule has 0 aromatic heterocycles. The highest BCUT2D eigenvalue weighted by Gasteiger charge is 2.31. The van der Waals surface area contributed by atoms with Crippen LogP contribution in [0, 0.1) is 0 Å². The zero-order chi connectivity index (χ0) is 11.6. The van der Waals surface area contributed by atoms with Crippen LogP contribution >= 0.6 is 23.2 Å². The lowest BCUT2D eigenvalue weighted by Crippen LogP contribution is -2.31. The summed E-state index contributed by atoms with van der Waals surface area (Å²) in [6, 6.07) is 0. The predicted octanol–water partition coefficient (Wildman–Crippen LogP) is 2.53. The second-order valence-electron chi connectivity index (χ2n) is 3.33. The number of esters is 1. The molecule has 0 amide bonds. The van der Waals surface area contributed by atoms with Gasteiger partial charge in [0, 0.05) is 6.42 Å². The molecule has 0 heterocycles. The highest BCUT2D eigenvalue weighted by Crippen LogP contribution is 2.29. The van der Waals surface area contributed by atoms with Crippen LogP contribution in [0.15, 0.2) is 22.2 Å². The Bertz CT molecular complexity index is 347. The Morgan fingerprint density at radius 3 is 2.27 bits per heavy atom. The van der Waals surface area contributed by atoms with Gasteiger partial charge in [-0.05, 0) is 19.1 Å². The zero-order valence-electron chi connectivity index (χ0n) is 8.34. The molecule has 0 bridgehead atoms. The van der Waals surface area contributed by atoms with Crippen molar-refractivity contribution < 1.29 is 14.3 Å². The Morgan fingerprint density at radius 2 is 1.87 bits per heavy atom. The monoisotopic (exact) mass is 248 g/mol. The lowest BCUT2D eigenvalue weighted by atomic mass is 9.99.